The number of Topliss-reactive ketones (excluding diaryl/α,β-unsaturated/α-hetero) is 1. The van der Waals surface area contributed by atoms with Gasteiger partial charge in [0.25, 0.3) is 5.91 Å². The van der Waals surface area contributed by atoms with Gasteiger partial charge in [-0.1, -0.05) is 13.8 Å². The van der Waals surface area contributed by atoms with Crippen molar-refractivity contribution < 1.29 is 14.7 Å². The zero-order valence-corrected chi connectivity index (χ0v) is 19.1. The number of amides is 1. The van der Waals surface area contributed by atoms with Crippen molar-refractivity contribution in [3.05, 3.63) is 53.5 Å². The molecule has 5 rings (SSSR count). The summed E-state index contributed by atoms with van der Waals surface area (Å²) in [6, 6.07) is 7.66. The number of pyridine rings is 1. The molecule has 0 radical (unpaired) electrons. The number of hydrogen-bond acceptors (Lipinski definition) is 5. The monoisotopic (exact) mass is 446 g/mol. The smallest absolute Gasteiger partial charge is 0.250 e. The lowest BCUT2D eigenvalue weighted by molar-refractivity contribution is 0.0911. The SMILES string of the molecule is CC1(C)CC(=O)c2c(n(-c3ccc(C(N)=O)c(N[C@H]4CC[C@H](O)CC4)c3)c3cnccc23)C1. The Balaban J connectivity index is 1.65. The number of aliphatic hydroxyl groups excluding tert-OH is 1. The van der Waals surface area contributed by atoms with Crippen LogP contribution < -0.4 is 11.1 Å². The second-order valence-corrected chi connectivity index (χ2v) is 10.2. The molecule has 0 spiro atoms. The zero-order chi connectivity index (χ0) is 23.3. The fourth-order valence-electron chi connectivity index (χ4n) is 5.45. The first-order chi connectivity index (χ1) is 15.7. The maximum Gasteiger partial charge on any atom is 0.250 e. The Labute approximate surface area is 193 Å². The molecule has 0 atom stereocenters. The molecule has 7 nitrogen and oxygen atoms in total. The number of aliphatic hydroxyl groups is 1. The molecule has 2 aromatic heterocycles. The van der Waals surface area contributed by atoms with E-state index in [-0.39, 0.29) is 23.3 Å². The van der Waals surface area contributed by atoms with E-state index in [1.165, 1.54) is 0 Å². The molecule has 7 heteroatoms. The number of fused-ring (bicyclic) bond motifs is 3. The van der Waals surface area contributed by atoms with Crippen LogP contribution in [-0.2, 0) is 6.42 Å². The van der Waals surface area contributed by atoms with E-state index in [1.54, 1.807) is 18.5 Å². The van der Waals surface area contributed by atoms with E-state index in [2.05, 4.69) is 28.7 Å². The molecule has 4 N–H and O–H groups in total. The normalized spacial score (nSPS) is 22.2. The van der Waals surface area contributed by atoms with Crippen LogP contribution in [0.25, 0.3) is 16.6 Å². The molecule has 0 unspecified atom stereocenters. The minimum atomic E-state index is -0.489. The number of nitrogens with two attached hydrogens (primary N) is 1. The number of carbonyl (C=O) groups is 2. The maximum absolute atomic E-state index is 13.1. The Hall–Kier alpha value is -3.19. The summed E-state index contributed by atoms with van der Waals surface area (Å²) in [4.78, 5) is 29.6. The van der Waals surface area contributed by atoms with Gasteiger partial charge in [-0.2, -0.15) is 0 Å². The average Bonchev–Trinajstić information content (AvgIpc) is 3.08. The number of carbonyl (C=O) groups excluding carboxylic acids is 2. The topological polar surface area (TPSA) is 110 Å². The molecule has 0 bridgehead atoms. The van der Waals surface area contributed by atoms with Crippen molar-refractivity contribution in [2.75, 3.05) is 5.32 Å². The summed E-state index contributed by atoms with van der Waals surface area (Å²) in [6.07, 6.45) is 7.69. The molecule has 33 heavy (non-hydrogen) atoms. The first kappa shape index (κ1) is 21.6. The number of anilines is 1. The molecule has 2 aliphatic carbocycles. The molecule has 1 saturated carbocycles. The molecular weight excluding hydrogens is 416 g/mol. The van der Waals surface area contributed by atoms with Gasteiger partial charge in [0.05, 0.1) is 23.4 Å². The molecule has 3 aromatic rings. The van der Waals surface area contributed by atoms with Crippen LogP contribution in [0.15, 0.2) is 36.7 Å². The van der Waals surface area contributed by atoms with Crippen LogP contribution in [0, 0.1) is 5.41 Å². The highest BCUT2D eigenvalue weighted by Crippen LogP contribution is 2.41. The molecule has 1 amide bonds. The van der Waals surface area contributed by atoms with Crippen molar-refractivity contribution in [3.63, 3.8) is 0 Å². The van der Waals surface area contributed by atoms with E-state index in [0.717, 1.165) is 60.0 Å². The fourth-order valence-corrected chi connectivity index (χ4v) is 5.45. The Morgan fingerprint density at radius 1 is 1.18 bits per heavy atom. The molecule has 2 aliphatic rings. The third-order valence-corrected chi connectivity index (χ3v) is 7.02. The van der Waals surface area contributed by atoms with E-state index in [9.17, 15) is 14.7 Å². The van der Waals surface area contributed by atoms with Gasteiger partial charge in [-0.25, -0.2) is 0 Å². The summed E-state index contributed by atoms with van der Waals surface area (Å²) in [5, 5.41) is 14.3. The highest BCUT2D eigenvalue weighted by molar-refractivity contribution is 6.11. The third-order valence-electron chi connectivity index (χ3n) is 7.02. The third kappa shape index (κ3) is 3.91. The first-order valence-electron chi connectivity index (χ1n) is 11.6. The van der Waals surface area contributed by atoms with Gasteiger partial charge in [0.2, 0.25) is 0 Å². The van der Waals surface area contributed by atoms with Gasteiger partial charge in [0.1, 0.15) is 0 Å². The summed E-state index contributed by atoms with van der Waals surface area (Å²) in [6.45, 7) is 4.24. The molecule has 0 saturated heterocycles. The van der Waals surface area contributed by atoms with Crippen molar-refractivity contribution in [1.29, 1.82) is 0 Å². The standard InChI is InChI=1S/C26H30N4O3/c1-26(2)12-21-24(23(32)13-26)19-9-10-28-14-22(19)30(21)16-5-8-18(25(27)33)20(11-16)29-15-3-6-17(31)7-4-15/h5,8-11,14-15,17,29,31H,3-4,6-7,12-13H2,1-2H3,(H2,27,33)/t15-,17-. The van der Waals surface area contributed by atoms with Crippen LogP contribution >= 0.6 is 0 Å². The van der Waals surface area contributed by atoms with Gasteiger partial charge in [-0.05, 0) is 61.8 Å². The number of benzene rings is 1. The van der Waals surface area contributed by atoms with Crippen LogP contribution in [-0.4, -0.2) is 38.5 Å². The quantitative estimate of drug-likeness (QED) is 0.561. The number of ketones is 1. The predicted molar refractivity (Wildman–Crippen MR) is 128 cm³/mol. The number of hydrogen-bond donors (Lipinski definition) is 3. The number of rotatable bonds is 4. The summed E-state index contributed by atoms with van der Waals surface area (Å²) in [5.41, 5.74) is 10.2. The second-order valence-electron chi connectivity index (χ2n) is 10.2. The highest BCUT2D eigenvalue weighted by Gasteiger charge is 2.36. The summed E-state index contributed by atoms with van der Waals surface area (Å²) >= 11 is 0. The van der Waals surface area contributed by atoms with Gasteiger partial charge >= 0.3 is 0 Å². The van der Waals surface area contributed by atoms with E-state index < -0.39 is 5.91 Å². The first-order valence-corrected chi connectivity index (χ1v) is 11.6. The molecule has 1 fully saturated rings. The van der Waals surface area contributed by atoms with Crippen LogP contribution in [0.4, 0.5) is 5.69 Å². The lowest BCUT2D eigenvalue weighted by atomic mass is 9.75. The fraction of sp³-hybridized carbons (Fsp3) is 0.423. The largest absolute Gasteiger partial charge is 0.393 e. The lowest BCUT2D eigenvalue weighted by Gasteiger charge is -2.30. The molecule has 2 heterocycles. The van der Waals surface area contributed by atoms with Crippen molar-refractivity contribution in [3.8, 4) is 5.69 Å². The maximum atomic E-state index is 13.1. The van der Waals surface area contributed by atoms with Crippen LogP contribution in [0.5, 0.6) is 0 Å². The van der Waals surface area contributed by atoms with Gasteiger partial charge in [-0.3, -0.25) is 14.6 Å². The Morgan fingerprint density at radius 3 is 2.67 bits per heavy atom. The van der Waals surface area contributed by atoms with Crippen LogP contribution in [0.1, 0.15) is 72.4 Å². The van der Waals surface area contributed by atoms with Crippen molar-refractivity contribution in [1.82, 2.24) is 9.55 Å². The number of primary amides is 1. The van der Waals surface area contributed by atoms with Crippen LogP contribution in [0.3, 0.4) is 0 Å². The van der Waals surface area contributed by atoms with Gasteiger partial charge in [0.15, 0.2) is 5.78 Å². The zero-order valence-electron chi connectivity index (χ0n) is 19.1. The second kappa shape index (κ2) is 7.99. The van der Waals surface area contributed by atoms with Crippen molar-refractivity contribution in [2.24, 2.45) is 11.1 Å². The summed E-state index contributed by atoms with van der Waals surface area (Å²) < 4.78 is 2.11. The average molecular weight is 447 g/mol. The van der Waals surface area contributed by atoms with Crippen LogP contribution in [0.2, 0.25) is 0 Å². The lowest BCUT2D eigenvalue weighted by Crippen LogP contribution is -2.29. The Bertz CT molecular complexity index is 1250. The van der Waals surface area contributed by atoms with Crippen molar-refractivity contribution >= 4 is 28.3 Å². The van der Waals surface area contributed by atoms with E-state index in [1.807, 2.05) is 18.2 Å². The highest BCUT2D eigenvalue weighted by atomic mass is 16.3. The Kier molecular flexibility index (Phi) is 5.24. The predicted octanol–water partition coefficient (Wildman–Crippen LogP) is 3.99. The number of nitrogens with one attached hydrogen (secondary N) is 1. The van der Waals surface area contributed by atoms with Crippen molar-refractivity contribution in [2.45, 2.75) is 64.5 Å². The minimum Gasteiger partial charge on any atom is -0.393 e. The summed E-state index contributed by atoms with van der Waals surface area (Å²) in [5.74, 6) is -0.332. The molecule has 1 aromatic carbocycles. The molecule has 172 valence electrons. The molecule has 0 aliphatic heterocycles. The van der Waals surface area contributed by atoms with E-state index >= 15 is 0 Å². The number of aromatic nitrogens is 2. The van der Waals surface area contributed by atoms with E-state index in [4.69, 9.17) is 5.73 Å². The number of nitrogens with zero attached hydrogens (tertiary/aromatic N) is 2. The Morgan fingerprint density at radius 2 is 1.94 bits per heavy atom. The molecular formula is C26H30N4O3. The summed E-state index contributed by atoms with van der Waals surface area (Å²) in [7, 11) is 0. The van der Waals surface area contributed by atoms with Gasteiger partial charge in [0, 0.05) is 46.7 Å². The van der Waals surface area contributed by atoms with Gasteiger partial charge in [-0.15, -0.1) is 0 Å². The minimum absolute atomic E-state index is 0.138. The van der Waals surface area contributed by atoms with Gasteiger partial charge < -0.3 is 20.7 Å². The van der Waals surface area contributed by atoms with E-state index in [0.29, 0.717) is 17.7 Å².